The SMILES string of the molecule is CC1CCCN(c2cc(Br)cc(C#N)c2)C1C. The van der Waals surface area contributed by atoms with Gasteiger partial charge in [0, 0.05) is 22.7 Å². The summed E-state index contributed by atoms with van der Waals surface area (Å²) >= 11 is 3.48. The van der Waals surface area contributed by atoms with Crippen LogP contribution in [0.5, 0.6) is 0 Å². The zero-order valence-electron chi connectivity index (χ0n) is 10.3. The Labute approximate surface area is 111 Å². The van der Waals surface area contributed by atoms with E-state index in [9.17, 15) is 0 Å². The molecule has 2 nitrogen and oxygen atoms in total. The molecule has 1 aliphatic rings. The molecule has 90 valence electrons. The molecule has 3 heteroatoms. The molecule has 2 rings (SSSR count). The van der Waals surface area contributed by atoms with Gasteiger partial charge in [-0.1, -0.05) is 22.9 Å². The maximum absolute atomic E-state index is 9.01. The Morgan fingerprint density at radius 3 is 2.82 bits per heavy atom. The van der Waals surface area contributed by atoms with Gasteiger partial charge in [-0.15, -0.1) is 0 Å². The van der Waals surface area contributed by atoms with Crippen molar-refractivity contribution in [2.24, 2.45) is 5.92 Å². The van der Waals surface area contributed by atoms with Crippen molar-refractivity contribution in [2.75, 3.05) is 11.4 Å². The van der Waals surface area contributed by atoms with E-state index in [1.54, 1.807) is 0 Å². The van der Waals surface area contributed by atoms with E-state index < -0.39 is 0 Å². The number of hydrogen-bond acceptors (Lipinski definition) is 2. The summed E-state index contributed by atoms with van der Waals surface area (Å²) in [6.45, 7) is 5.67. The number of benzene rings is 1. The number of piperidine rings is 1. The third-order valence-corrected chi connectivity index (χ3v) is 4.17. The molecule has 0 aliphatic carbocycles. The highest BCUT2D eigenvalue weighted by Crippen LogP contribution is 2.30. The highest BCUT2D eigenvalue weighted by molar-refractivity contribution is 9.10. The summed E-state index contributed by atoms with van der Waals surface area (Å²) in [6, 6.07) is 8.72. The molecule has 0 N–H and O–H groups in total. The normalized spacial score (nSPS) is 24.5. The summed E-state index contributed by atoms with van der Waals surface area (Å²) in [4.78, 5) is 2.42. The van der Waals surface area contributed by atoms with Gasteiger partial charge in [0.25, 0.3) is 0 Å². The van der Waals surface area contributed by atoms with E-state index in [4.69, 9.17) is 5.26 Å². The van der Waals surface area contributed by atoms with Crippen LogP contribution < -0.4 is 4.90 Å². The fourth-order valence-electron chi connectivity index (χ4n) is 2.50. The Morgan fingerprint density at radius 2 is 2.12 bits per heavy atom. The van der Waals surface area contributed by atoms with Crippen LogP contribution in [0.3, 0.4) is 0 Å². The average Bonchev–Trinajstić information content (AvgIpc) is 2.31. The van der Waals surface area contributed by atoms with Crippen molar-refractivity contribution in [3.8, 4) is 6.07 Å². The molecule has 0 bridgehead atoms. The van der Waals surface area contributed by atoms with Crippen LogP contribution in [0.25, 0.3) is 0 Å². The summed E-state index contributed by atoms with van der Waals surface area (Å²) in [7, 11) is 0. The smallest absolute Gasteiger partial charge is 0.0992 e. The summed E-state index contributed by atoms with van der Waals surface area (Å²) < 4.78 is 0.983. The lowest BCUT2D eigenvalue weighted by atomic mass is 9.91. The lowest BCUT2D eigenvalue weighted by Crippen LogP contribution is -2.42. The molecule has 1 fully saturated rings. The van der Waals surface area contributed by atoms with Gasteiger partial charge in [0.1, 0.15) is 0 Å². The van der Waals surface area contributed by atoms with Gasteiger partial charge in [-0.3, -0.25) is 0 Å². The molecule has 1 aliphatic heterocycles. The van der Waals surface area contributed by atoms with Crippen LogP contribution in [0, 0.1) is 17.2 Å². The van der Waals surface area contributed by atoms with Crippen molar-refractivity contribution in [1.29, 1.82) is 5.26 Å². The first-order chi connectivity index (χ1) is 8.11. The minimum absolute atomic E-state index is 0.546. The first kappa shape index (κ1) is 12.4. The van der Waals surface area contributed by atoms with Crippen LogP contribution in [-0.2, 0) is 0 Å². The zero-order chi connectivity index (χ0) is 12.4. The molecular weight excluding hydrogens is 276 g/mol. The number of anilines is 1. The molecule has 0 spiro atoms. The number of hydrogen-bond donors (Lipinski definition) is 0. The zero-order valence-corrected chi connectivity index (χ0v) is 11.9. The van der Waals surface area contributed by atoms with E-state index in [-0.39, 0.29) is 0 Å². The lowest BCUT2D eigenvalue weighted by molar-refractivity contribution is 0.363. The quantitative estimate of drug-likeness (QED) is 0.784. The van der Waals surface area contributed by atoms with E-state index in [0.29, 0.717) is 12.0 Å². The largest absolute Gasteiger partial charge is 0.368 e. The number of halogens is 1. The summed E-state index contributed by atoms with van der Waals surface area (Å²) in [6.07, 6.45) is 2.54. The third-order valence-electron chi connectivity index (χ3n) is 3.72. The second-order valence-electron chi connectivity index (χ2n) is 4.86. The van der Waals surface area contributed by atoms with Gasteiger partial charge in [0.2, 0.25) is 0 Å². The van der Waals surface area contributed by atoms with Gasteiger partial charge in [-0.05, 0) is 43.9 Å². The van der Waals surface area contributed by atoms with Crippen molar-refractivity contribution < 1.29 is 0 Å². The minimum Gasteiger partial charge on any atom is -0.368 e. The van der Waals surface area contributed by atoms with Crippen LogP contribution in [-0.4, -0.2) is 12.6 Å². The van der Waals surface area contributed by atoms with Gasteiger partial charge in [0.15, 0.2) is 0 Å². The second-order valence-corrected chi connectivity index (χ2v) is 5.78. The average molecular weight is 293 g/mol. The molecule has 1 aromatic rings. The minimum atomic E-state index is 0.546. The summed E-state index contributed by atoms with van der Waals surface area (Å²) in [5.41, 5.74) is 1.88. The topological polar surface area (TPSA) is 27.0 Å². The molecular formula is C14H17BrN2. The fraction of sp³-hybridized carbons (Fsp3) is 0.500. The van der Waals surface area contributed by atoms with Crippen molar-refractivity contribution in [3.05, 3.63) is 28.2 Å². The highest BCUT2D eigenvalue weighted by Gasteiger charge is 2.25. The number of nitrogens with zero attached hydrogens (tertiary/aromatic N) is 2. The maximum atomic E-state index is 9.01. The lowest BCUT2D eigenvalue weighted by Gasteiger charge is -2.39. The van der Waals surface area contributed by atoms with Crippen LogP contribution in [0.15, 0.2) is 22.7 Å². The van der Waals surface area contributed by atoms with Crippen molar-refractivity contribution in [3.63, 3.8) is 0 Å². The highest BCUT2D eigenvalue weighted by atomic mass is 79.9. The maximum Gasteiger partial charge on any atom is 0.0992 e. The van der Waals surface area contributed by atoms with Crippen LogP contribution >= 0.6 is 15.9 Å². The Balaban J connectivity index is 2.33. The predicted octanol–water partition coefficient (Wildman–Crippen LogP) is 3.95. The van der Waals surface area contributed by atoms with Crippen molar-refractivity contribution in [2.45, 2.75) is 32.7 Å². The molecule has 2 atom stereocenters. The van der Waals surface area contributed by atoms with Crippen LogP contribution in [0.1, 0.15) is 32.3 Å². The summed E-state index contributed by atoms with van der Waals surface area (Å²) in [5.74, 6) is 0.716. The fourth-order valence-corrected chi connectivity index (χ4v) is 2.99. The van der Waals surface area contributed by atoms with Gasteiger partial charge >= 0.3 is 0 Å². The van der Waals surface area contributed by atoms with Crippen molar-refractivity contribution in [1.82, 2.24) is 0 Å². The number of rotatable bonds is 1. The van der Waals surface area contributed by atoms with E-state index in [1.165, 1.54) is 12.8 Å². The van der Waals surface area contributed by atoms with Gasteiger partial charge in [-0.25, -0.2) is 0 Å². The van der Waals surface area contributed by atoms with Gasteiger partial charge < -0.3 is 4.90 Å². The molecule has 0 saturated carbocycles. The van der Waals surface area contributed by atoms with Gasteiger partial charge in [0.05, 0.1) is 11.6 Å². The molecule has 1 heterocycles. The molecule has 1 saturated heterocycles. The van der Waals surface area contributed by atoms with E-state index in [1.807, 2.05) is 12.1 Å². The first-order valence-corrected chi connectivity index (χ1v) is 6.88. The summed E-state index contributed by atoms with van der Waals surface area (Å²) in [5, 5.41) is 9.01. The Hall–Kier alpha value is -1.01. The van der Waals surface area contributed by atoms with Crippen LogP contribution in [0.4, 0.5) is 5.69 Å². The Morgan fingerprint density at radius 1 is 1.35 bits per heavy atom. The van der Waals surface area contributed by atoms with E-state index >= 15 is 0 Å². The second kappa shape index (κ2) is 5.10. The number of nitriles is 1. The Bertz CT molecular complexity index is 450. The predicted molar refractivity (Wildman–Crippen MR) is 74.1 cm³/mol. The van der Waals surface area contributed by atoms with Crippen LogP contribution in [0.2, 0.25) is 0 Å². The molecule has 0 aromatic heterocycles. The van der Waals surface area contributed by atoms with Crippen molar-refractivity contribution >= 4 is 21.6 Å². The Kier molecular flexibility index (Phi) is 3.73. The molecule has 0 radical (unpaired) electrons. The van der Waals surface area contributed by atoms with E-state index in [0.717, 1.165) is 22.3 Å². The molecule has 17 heavy (non-hydrogen) atoms. The molecule has 1 aromatic carbocycles. The standard InChI is InChI=1S/C14H17BrN2/c1-10-4-3-5-17(11(10)2)14-7-12(9-16)6-13(15)8-14/h6-8,10-11H,3-5H2,1-2H3. The van der Waals surface area contributed by atoms with E-state index in [2.05, 4.69) is 46.8 Å². The monoisotopic (exact) mass is 292 g/mol. The molecule has 0 amide bonds. The third kappa shape index (κ3) is 2.63. The van der Waals surface area contributed by atoms with Gasteiger partial charge in [-0.2, -0.15) is 5.26 Å². The molecule has 2 unspecified atom stereocenters. The first-order valence-electron chi connectivity index (χ1n) is 6.09.